The molecule has 0 unspecified atom stereocenters. The van der Waals surface area contributed by atoms with Gasteiger partial charge in [-0.05, 0) is 87.9 Å². The Bertz CT molecular complexity index is 1770. The van der Waals surface area contributed by atoms with E-state index in [-0.39, 0.29) is 5.92 Å². The van der Waals surface area contributed by atoms with Gasteiger partial charge in [-0.2, -0.15) is 4.98 Å². The van der Waals surface area contributed by atoms with Gasteiger partial charge in [0.05, 0.1) is 16.5 Å². The van der Waals surface area contributed by atoms with E-state index in [2.05, 4.69) is 82.2 Å². The van der Waals surface area contributed by atoms with Crippen LogP contribution in [0.15, 0.2) is 42.9 Å². The minimum absolute atomic E-state index is 0.179. The Hall–Kier alpha value is -3.59. The summed E-state index contributed by atoms with van der Waals surface area (Å²) in [6.45, 7) is 19.1. The van der Waals surface area contributed by atoms with E-state index in [1.165, 1.54) is 55.8 Å². The van der Waals surface area contributed by atoms with Crippen LogP contribution in [-0.4, -0.2) is 95.4 Å². The fourth-order valence-corrected chi connectivity index (χ4v) is 8.43. The van der Waals surface area contributed by atoms with E-state index in [4.69, 9.17) is 9.97 Å². The van der Waals surface area contributed by atoms with Crippen LogP contribution in [0, 0.1) is 6.92 Å². The first-order chi connectivity index (χ1) is 22.5. The molecule has 2 aromatic carbocycles. The van der Waals surface area contributed by atoms with E-state index in [9.17, 15) is 4.57 Å². The van der Waals surface area contributed by atoms with Crippen molar-refractivity contribution in [2.24, 2.45) is 0 Å². The third kappa shape index (κ3) is 7.30. The Balaban J connectivity index is 1.24. The molecular formula is C36H50N9OP. The Kier molecular flexibility index (Phi) is 9.83. The number of fused-ring (bicyclic) bond motifs is 1. The first-order valence-electron chi connectivity index (χ1n) is 17.0. The van der Waals surface area contributed by atoms with E-state index < -0.39 is 7.14 Å². The van der Waals surface area contributed by atoms with Gasteiger partial charge in [-0.3, -0.25) is 14.9 Å². The molecule has 2 fully saturated rings. The van der Waals surface area contributed by atoms with Crippen molar-refractivity contribution in [2.75, 3.05) is 75.2 Å². The molecule has 2 aromatic heterocycles. The molecule has 11 heteroatoms. The fraction of sp³-hybridized carbons (Fsp3) is 0.500. The SMILES string of the molecule is CCc1cc(N2CCC(N3CCN(C)CC3)CC2)c(C)cc1Nc1ncc(C(C)C)c(Nc2ccc3nccnc3c2P(C)(C)=O)n1. The molecule has 2 saturated heterocycles. The van der Waals surface area contributed by atoms with Crippen molar-refractivity contribution >= 4 is 52.3 Å². The van der Waals surface area contributed by atoms with Crippen LogP contribution >= 0.6 is 7.14 Å². The lowest BCUT2D eigenvalue weighted by Gasteiger charge is -2.43. The zero-order valence-corrected chi connectivity index (χ0v) is 29.9. The quantitative estimate of drug-likeness (QED) is 0.198. The molecule has 0 spiro atoms. The number of piperazine rings is 1. The summed E-state index contributed by atoms with van der Waals surface area (Å²) < 4.78 is 13.6. The van der Waals surface area contributed by atoms with Crippen LogP contribution < -0.4 is 20.8 Å². The number of rotatable bonds is 9. The highest BCUT2D eigenvalue weighted by Crippen LogP contribution is 2.41. The lowest BCUT2D eigenvalue weighted by Crippen LogP contribution is -2.52. The first kappa shape index (κ1) is 33.3. The van der Waals surface area contributed by atoms with Crippen molar-refractivity contribution in [2.45, 2.75) is 58.9 Å². The lowest BCUT2D eigenvalue weighted by atomic mass is 9.99. The van der Waals surface area contributed by atoms with Gasteiger partial charge in [0.1, 0.15) is 18.5 Å². The van der Waals surface area contributed by atoms with E-state index in [0.717, 1.165) is 42.0 Å². The number of aryl methyl sites for hydroxylation is 2. The number of benzene rings is 2. The largest absolute Gasteiger partial charge is 0.371 e. The number of hydrogen-bond acceptors (Lipinski definition) is 10. The number of hydrogen-bond donors (Lipinski definition) is 2. The second kappa shape index (κ2) is 13.9. The third-order valence-corrected chi connectivity index (χ3v) is 11.3. The maximum Gasteiger partial charge on any atom is 0.229 e. The summed E-state index contributed by atoms with van der Waals surface area (Å²) >= 11 is 0. The molecule has 0 radical (unpaired) electrons. The number of anilines is 5. The molecule has 4 aromatic rings. The predicted octanol–water partition coefficient (Wildman–Crippen LogP) is 6.37. The first-order valence-corrected chi connectivity index (χ1v) is 19.6. The summed E-state index contributed by atoms with van der Waals surface area (Å²) in [5, 5.41) is 7.75. The van der Waals surface area contributed by atoms with Crippen LogP contribution in [0.4, 0.5) is 28.8 Å². The molecule has 2 aliphatic heterocycles. The van der Waals surface area contributed by atoms with Gasteiger partial charge in [0.15, 0.2) is 0 Å². The Labute approximate surface area is 279 Å². The van der Waals surface area contributed by atoms with Gasteiger partial charge in [0.2, 0.25) is 5.95 Å². The zero-order chi connectivity index (χ0) is 33.3. The number of likely N-dealkylation sites (N-methyl/N-ethyl adjacent to an activating group) is 1. The summed E-state index contributed by atoms with van der Waals surface area (Å²) in [6.07, 6.45) is 8.52. The van der Waals surface area contributed by atoms with E-state index >= 15 is 0 Å². The summed E-state index contributed by atoms with van der Waals surface area (Å²) in [5.74, 6) is 1.38. The average Bonchev–Trinajstić information content (AvgIpc) is 3.05. The van der Waals surface area contributed by atoms with E-state index in [0.29, 0.717) is 28.6 Å². The molecule has 6 rings (SSSR count). The molecule has 0 saturated carbocycles. The molecule has 47 heavy (non-hydrogen) atoms. The maximum absolute atomic E-state index is 13.6. The van der Waals surface area contributed by atoms with Crippen LogP contribution in [0.5, 0.6) is 0 Å². The van der Waals surface area contributed by atoms with Crippen LogP contribution in [0.1, 0.15) is 56.2 Å². The van der Waals surface area contributed by atoms with Gasteiger partial charge in [-0.25, -0.2) is 4.98 Å². The number of piperidine rings is 1. The van der Waals surface area contributed by atoms with Gasteiger partial charge < -0.3 is 25.0 Å². The Morgan fingerprint density at radius 1 is 0.936 bits per heavy atom. The van der Waals surface area contributed by atoms with Crippen molar-refractivity contribution in [3.05, 3.63) is 59.5 Å². The standard InChI is InChI=1S/C36H50N9OP/c1-8-26-22-32(45-15-11-27(12-16-45)44-19-17-43(5)18-20-44)25(4)21-31(26)41-36-39-23-28(24(2)3)35(42-36)40-30-10-9-29-33(38-14-13-37-29)34(30)47(6,7)46/h9-10,13-14,21-24,27H,8,11-12,15-20H2,1-7H3,(H2,39,40,41,42). The molecule has 0 atom stereocenters. The molecule has 0 bridgehead atoms. The highest BCUT2D eigenvalue weighted by Gasteiger charge is 2.28. The number of aromatic nitrogens is 4. The Morgan fingerprint density at radius 2 is 1.66 bits per heavy atom. The predicted molar refractivity (Wildman–Crippen MR) is 196 cm³/mol. The normalized spacial score (nSPS) is 17.1. The average molecular weight is 656 g/mol. The maximum atomic E-state index is 13.6. The molecule has 2 aliphatic rings. The second-order valence-corrected chi connectivity index (χ2v) is 17.0. The molecule has 250 valence electrons. The Morgan fingerprint density at radius 3 is 2.34 bits per heavy atom. The monoisotopic (exact) mass is 655 g/mol. The third-order valence-electron chi connectivity index (χ3n) is 9.75. The van der Waals surface area contributed by atoms with Crippen molar-refractivity contribution in [1.82, 2.24) is 29.7 Å². The van der Waals surface area contributed by atoms with Gasteiger partial charge >= 0.3 is 0 Å². The van der Waals surface area contributed by atoms with Crippen molar-refractivity contribution in [3.63, 3.8) is 0 Å². The van der Waals surface area contributed by atoms with Crippen LogP contribution in [0.25, 0.3) is 11.0 Å². The van der Waals surface area contributed by atoms with Crippen LogP contribution in [0.3, 0.4) is 0 Å². The molecule has 0 amide bonds. The highest BCUT2D eigenvalue weighted by atomic mass is 31.2. The minimum Gasteiger partial charge on any atom is -0.371 e. The minimum atomic E-state index is -2.72. The number of nitrogens with zero attached hydrogens (tertiary/aromatic N) is 7. The molecular weight excluding hydrogens is 605 g/mol. The van der Waals surface area contributed by atoms with Gasteiger partial charge in [0, 0.05) is 80.8 Å². The zero-order valence-electron chi connectivity index (χ0n) is 29.0. The summed E-state index contributed by atoms with van der Waals surface area (Å²) in [5.41, 5.74) is 7.92. The number of nitrogens with one attached hydrogen (secondary N) is 2. The van der Waals surface area contributed by atoms with Crippen molar-refractivity contribution in [3.8, 4) is 0 Å². The van der Waals surface area contributed by atoms with Crippen molar-refractivity contribution in [1.29, 1.82) is 0 Å². The van der Waals surface area contributed by atoms with Gasteiger partial charge in [0.25, 0.3) is 0 Å². The lowest BCUT2D eigenvalue weighted by molar-refractivity contribution is 0.0982. The van der Waals surface area contributed by atoms with Gasteiger partial charge in [-0.15, -0.1) is 0 Å². The van der Waals surface area contributed by atoms with Crippen LogP contribution in [-0.2, 0) is 11.0 Å². The molecule has 4 heterocycles. The van der Waals surface area contributed by atoms with Crippen LogP contribution in [0.2, 0.25) is 0 Å². The smallest absolute Gasteiger partial charge is 0.229 e. The fourth-order valence-electron chi connectivity index (χ4n) is 7.04. The van der Waals surface area contributed by atoms with Gasteiger partial charge in [-0.1, -0.05) is 20.8 Å². The molecule has 0 aliphatic carbocycles. The summed E-state index contributed by atoms with van der Waals surface area (Å²) in [7, 11) is -0.495. The second-order valence-electron chi connectivity index (χ2n) is 13.8. The molecule has 10 nitrogen and oxygen atoms in total. The highest BCUT2D eigenvalue weighted by molar-refractivity contribution is 7.71. The summed E-state index contributed by atoms with van der Waals surface area (Å²) in [6, 6.07) is 9.14. The molecule has 2 N–H and O–H groups in total. The topological polar surface area (TPSA) is 102 Å². The van der Waals surface area contributed by atoms with E-state index in [1.54, 1.807) is 25.7 Å². The van der Waals surface area contributed by atoms with E-state index in [1.807, 2.05) is 18.3 Å². The van der Waals surface area contributed by atoms with Crippen molar-refractivity contribution < 1.29 is 4.57 Å². The summed E-state index contributed by atoms with van der Waals surface area (Å²) in [4.78, 5) is 26.4.